The molecule has 0 saturated heterocycles. The van der Waals surface area contributed by atoms with Gasteiger partial charge in [-0.2, -0.15) is 0 Å². The molecule has 0 fully saturated rings. The number of aryl methyl sites for hydroxylation is 2. The molecule has 0 aliphatic heterocycles. The molecular weight excluding hydrogens is 292 g/mol. The Bertz CT molecular complexity index is 701. The van der Waals surface area contributed by atoms with E-state index >= 15 is 0 Å². The van der Waals surface area contributed by atoms with E-state index in [0.717, 1.165) is 41.9 Å². The molecule has 2 aromatic rings. The minimum atomic E-state index is 0.188. The SMILES string of the molecule is CCCCCCCn1cnc2sc3c(c2c1=O)CCC(C)C3. The van der Waals surface area contributed by atoms with E-state index in [0.29, 0.717) is 0 Å². The van der Waals surface area contributed by atoms with Gasteiger partial charge in [0.05, 0.1) is 11.7 Å². The summed E-state index contributed by atoms with van der Waals surface area (Å²) in [6.07, 6.45) is 11.2. The van der Waals surface area contributed by atoms with Crippen molar-refractivity contribution in [2.45, 2.75) is 71.8 Å². The summed E-state index contributed by atoms with van der Waals surface area (Å²) in [6, 6.07) is 0. The lowest BCUT2D eigenvalue weighted by atomic mass is 9.89. The predicted molar refractivity (Wildman–Crippen MR) is 93.8 cm³/mol. The van der Waals surface area contributed by atoms with Crippen molar-refractivity contribution in [2.75, 3.05) is 0 Å². The maximum Gasteiger partial charge on any atom is 0.262 e. The standard InChI is InChI=1S/C18H26N2OS/c1-3-4-5-6-7-10-20-12-19-17-16(18(20)21)14-9-8-13(2)11-15(14)22-17/h12-13H,3-11H2,1-2H3. The molecule has 3 nitrogen and oxygen atoms in total. The lowest BCUT2D eigenvalue weighted by molar-refractivity contribution is 0.508. The number of thiophene rings is 1. The monoisotopic (exact) mass is 318 g/mol. The summed E-state index contributed by atoms with van der Waals surface area (Å²) >= 11 is 1.74. The average Bonchev–Trinajstić information content (AvgIpc) is 2.87. The molecule has 0 spiro atoms. The third-order valence-corrected chi connectivity index (χ3v) is 5.95. The van der Waals surface area contributed by atoms with Gasteiger partial charge in [0.25, 0.3) is 5.56 Å². The molecule has 0 amide bonds. The van der Waals surface area contributed by atoms with E-state index < -0.39 is 0 Å². The van der Waals surface area contributed by atoms with Crippen LogP contribution in [0.1, 0.15) is 62.8 Å². The number of nitrogens with zero attached hydrogens (tertiary/aromatic N) is 2. The fraction of sp³-hybridized carbons (Fsp3) is 0.667. The molecule has 0 radical (unpaired) electrons. The van der Waals surface area contributed by atoms with E-state index in [1.54, 1.807) is 17.7 Å². The van der Waals surface area contributed by atoms with Crippen molar-refractivity contribution in [1.29, 1.82) is 0 Å². The van der Waals surface area contributed by atoms with Crippen LogP contribution in [-0.4, -0.2) is 9.55 Å². The van der Waals surface area contributed by atoms with Crippen molar-refractivity contribution < 1.29 is 0 Å². The van der Waals surface area contributed by atoms with E-state index in [2.05, 4.69) is 18.8 Å². The Morgan fingerprint density at radius 3 is 2.95 bits per heavy atom. The molecule has 0 bridgehead atoms. The smallest absolute Gasteiger partial charge is 0.262 e. The van der Waals surface area contributed by atoms with Gasteiger partial charge in [0.2, 0.25) is 0 Å². The highest BCUT2D eigenvalue weighted by Crippen LogP contribution is 2.35. The fourth-order valence-corrected chi connectivity index (χ4v) is 4.75. The maximum atomic E-state index is 12.8. The minimum absolute atomic E-state index is 0.188. The summed E-state index contributed by atoms with van der Waals surface area (Å²) in [5, 5.41) is 0.919. The topological polar surface area (TPSA) is 34.9 Å². The number of unbranched alkanes of at least 4 members (excludes halogenated alkanes) is 4. The molecule has 120 valence electrons. The first kappa shape index (κ1) is 15.7. The lowest BCUT2D eigenvalue weighted by Gasteiger charge is -2.17. The van der Waals surface area contributed by atoms with E-state index in [1.165, 1.54) is 42.5 Å². The number of aromatic nitrogens is 2. The molecule has 1 atom stereocenters. The van der Waals surface area contributed by atoms with E-state index in [9.17, 15) is 4.79 Å². The zero-order valence-corrected chi connectivity index (χ0v) is 14.5. The summed E-state index contributed by atoms with van der Waals surface area (Å²) in [7, 11) is 0. The van der Waals surface area contributed by atoms with Crippen molar-refractivity contribution in [3.8, 4) is 0 Å². The zero-order chi connectivity index (χ0) is 15.5. The van der Waals surface area contributed by atoms with Crippen LogP contribution < -0.4 is 5.56 Å². The largest absolute Gasteiger partial charge is 0.299 e. The second-order valence-electron chi connectivity index (χ2n) is 6.69. The quantitative estimate of drug-likeness (QED) is 0.732. The molecular formula is C18H26N2OS. The summed E-state index contributed by atoms with van der Waals surface area (Å²) in [5.41, 5.74) is 1.49. The number of hydrogen-bond acceptors (Lipinski definition) is 3. The Morgan fingerprint density at radius 1 is 1.32 bits per heavy atom. The lowest BCUT2D eigenvalue weighted by Crippen LogP contribution is -2.21. The first-order valence-corrected chi connectivity index (χ1v) is 9.52. The van der Waals surface area contributed by atoms with Gasteiger partial charge in [-0.05, 0) is 37.2 Å². The molecule has 0 N–H and O–H groups in total. The molecule has 2 heterocycles. The van der Waals surface area contributed by atoms with Crippen molar-refractivity contribution in [3.63, 3.8) is 0 Å². The Balaban J connectivity index is 1.82. The molecule has 2 aromatic heterocycles. The Morgan fingerprint density at radius 2 is 2.14 bits per heavy atom. The summed E-state index contributed by atoms with van der Waals surface area (Å²) in [5.74, 6) is 0.737. The van der Waals surface area contributed by atoms with E-state index in [1.807, 2.05) is 4.57 Å². The fourth-order valence-electron chi connectivity index (χ4n) is 3.41. The highest BCUT2D eigenvalue weighted by molar-refractivity contribution is 7.18. The van der Waals surface area contributed by atoms with Gasteiger partial charge >= 0.3 is 0 Å². The maximum absolute atomic E-state index is 12.8. The first-order valence-electron chi connectivity index (χ1n) is 8.70. The highest BCUT2D eigenvalue weighted by Gasteiger charge is 2.22. The second kappa shape index (κ2) is 6.95. The summed E-state index contributed by atoms with van der Waals surface area (Å²) in [6.45, 7) is 5.34. The molecule has 3 rings (SSSR count). The van der Waals surface area contributed by atoms with E-state index in [4.69, 9.17) is 0 Å². The first-order chi connectivity index (χ1) is 10.7. The molecule has 1 aliphatic rings. The average molecular weight is 318 g/mol. The number of rotatable bonds is 6. The van der Waals surface area contributed by atoms with Crippen molar-refractivity contribution >= 4 is 21.6 Å². The molecule has 1 unspecified atom stereocenters. The van der Waals surface area contributed by atoms with Gasteiger partial charge in [0.1, 0.15) is 4.83 Å². The van der Waals surface area contributed by atoms with Gasteiger partial charge in [-0.15, -0.1) is 11.3 Å². The van der Waals surface area contributed by atoms with Crippen LogP contribution in [0.2, 0.25) is 0 Å². The van der Waals surface area contributed by atoms with E-state index in [-0.39, 0.29) is 5.56 Å². The third-order valence-electron chi connectivity index (χ3n) is 4.78. The predicted octanol–water partition coefficient (Wildman–Crippen LogP) is 4.55. The number of fused-ring (bicyclic) bond motifs is 3. The second-order valence-corrected chi connectivity index (χ2v) is 7.77. The van der Waals surface area contributed by atoms with Gasteiger partial charge in [-0.25, -0.2) is 4.98 Å². The molecule has 0 saturated carbocycles. The van der Waals surface area contributed by atoms with Crippen LogP contribution in [0.25, 0.3) is 10.2 Å². The van der Waals surface area contributed by atoms with Crippen molar-refractivity contribution in [2.24, 2.45) is 5.92 Å². The minimum Gasteiger partial charge on any atom is -0.299 e. The van der Waals surface area contributed by atoms with Crippen LogP contribution in [0.15, 0.2) is 11.1 Å². The zero-order valence-electron chi connectivity index (χ0n) is 13.7. The van der Waals surface area contributed by atoms with Crippen molar-refractivity contribution in [3.05, 3.63) is 27.1 Å². The highest BCUT2D eigenvalue weighted by atomic mass is 32.1. The van der Waals surface area contributed by atoms with Crippen LogP contribution in [0, 0.1) is 5.92 Å². The van der Waals surface area contributed by atoms with Crippen molar-refractivity contribution in [1.82, 2.24) is 9.55 Å². The normalized spacial score (nSPS) is 17.8. The van der Waals surface area contributed by atoms with Gasteiger partial charge in [0.15, 0.2) is 0 Å². The summed E-state index contributed by atoms with van der Waals surface area (Å²) in [4.78, 5) is 19.7. The molecule has 22 heavy (non-hydrogen) atoms. The molecule has 0 aromatic carbocycles. The molecule has 1 aliphatic carbocycles. The third kappa shape index (κ3) is 3.12. The van der Waals surface area contributed by atoms with Gasteiger partial charge < -0.3 is 0 Å². The van der Waals surface area contributed by atoms with Gasteiger partial charge in [-0.3, -0.25) is 9.36 Å². The van der Waals surface area contributed by atoms with Crippen LogP contribution >= 0.6 is 11.3 Å². The number of hydrogen-bond donors (Lipinski definition) is 0. The molecule has 4 heteroatoms. The van der Waals surface area contributed by atoms with Crippen LogP contribution in [-0.2, 0) is 19.4 Å². The Labute approximate surface area is 136 Å². The summed E-state index contributed by atoms with van der Waals surface area (Å²) < 4.78 is 1.83. The van der Waals surface area contributed by atoms with Gasteiger partial charge in [0, 0.05) is 11.4 Å². The van der Waals surface area contributed by atoms with Crippen LogP contribution in [0.5, 0.6) is 0 Å². The van der Waals surface area contributed by atoms with Gasteiger partial charge in [-0.1, -0.05) is 39.5 Å². The van der Waals surface area contributed by atoms with Crippen LogP contribution in [0.3, 0.4) is 0 Å². The van der Waals surface area contributed by atoms with Crippen LogP contribution in [0.4, 0.5) is 0 Å². The Hall–Kier alpha value is -1.16. The Kier molecular flexibility index (Phi) is 4.97.